The maximum atomic E-state index is 11.9. The first-order chi connectivity index (χ1) is 9.07. The molecule has 0 radical (unpaired) electrons. The van der Waals surface area contributed by atoms with Gasteiger partial charge in [-0.05, 0) is 18.8 Å². The molecule has 2 N–H and O–H groups in total. The summed E-state index contributed by atoms with van der Waals surface area (Å²) < 4.78 is 26.4. The minimum atomic E-state index is -3.29. The molecule has 1 aromatic heterocycles. The molecular weight excluding hydrogens is 284 g/mol. The Morgan fingerprint density at radius 3 is 2.79 bits per heavy atom. The van der Waals surface area contributed by atoms with E-state index < -0.39 is 16.1 Å². The van der Waals surface area contributed by atoms with Crippen LogP contribution < -0.4 is 4.72 Å². The van der Waals surface area contributed by atoms with Crippen LogP contribution in [0, 0.1) is 5.92 Å². The average molecular weight is 304 g/mol. The Balaban J connectivity index is 1.80. The molecular formula is C12H20N2O3S2. The molecule has 1 aromatic rings. The highest BCUT2D eigenvalue weighted by atomic mass is 32.2. The standard InChI is InChI=1S/C12H20N2O3S2/c15-11(12-7-13-9-18-12)6-14-19(16,17)8-10-4-2-1-3-5-10/h7,9-11,14-15H,1-6,8H2. The molecule has 0 aliphatic heterocycles. The number of aromatic nitrogens is 1. The molecule has 7 heteroatoms. The lowest BCUT2D eigenvalue weighted by Crippen LogP contribution is -2.33. The van der Waals surface area contributed by atoms with E-state index in [2.05, 4.69) is 9.71 Å². The monoisotopic (exact) mass is 304 g/mol. The van der Waals surface area contributed by atoms with Crippen LogP contribution >= 0.6 is 11.3 Å². The molecule has 19 heavy (non-hydrogen) atoms. The lowest BCUT2D eigenvalue weighted by atomic mass is 9.91. The third-order valence-corrected chi connectivity index (χ3v) is 5.85. The second kappa shape index (κ2) is 6.78. The van der Waals surface area contributed by atoms with Crippen molar-refractivity contribution in [2.75, 3.05) is 12.3 Å². The average Bonchev–Trinajstić information content (AvgIpc) is 2.91. The van der Waals surface area contributed by atoms with Crippen molar-refractivity contribution in [2.45, 2.75) is 38.2 Å². The summed E-state index contributed by atoms with van der Waals surface area (Å²) in [7, 11) is -3.29. The molecule has 0 aromatic carbocycles. The quantitative estimate of drug-likeness (QED) is 0.838. The minimum absolute atomic E-state index is 0.0250. The van der Waals surface area contributed by atoms with Crippen LogP contribution in [0.3, 0.4) is 0 Å². The van der Waals surface area contributed by atoms with Gasteiger partial charge >= 0.3 is 0 Å². The first kappa shape index (κ1) is 14.9. The summed E-state index contributed by atoms with van der Waals surface area (Å²) in [6, 6.07) is 0. The highest BCUT2D eigenvalue weighted by Crippen LogP contribution is 2.24. The first-order valence-corrected chi connectivity index (χ1v) is 9.14. The zero-order valence-electron chi connectivity index (χ0n) is 10.8. The van der Waals surface area contributed by atoms with E-state index in [0.29, 0.717) is 4.88 Å². The molecule has 0 amide bonds. The van der Waals surface area contributed by atoms with Crippen LogP contribution in [-0.4, -0.2) is 30.8 Å². The maximum Gasteiger partial charge on any atom is 0.211 e. The number of aliphatic hydroxyl groups is 1. The zero-order valence-corrected chi connectivity index (χ0v) is 12.4. The third kappa shape index (κ3) is 4.83. The van der Waals surface area contributed by atoms with Crippen molar-refractivity contribution in [2.24, 2.45) is 5.92 Å². The summed E-state index contributed by atoms with van der Waals surface area (Å²) in [6.07, 6.45) is 6.22. The van der Waals surface area contributed by atoms with E-state index in [-0.39, 0.29) is 18.2 Å². The van der Waals surface area contributed by atoms with E-state index in [1.165, 1.54) is 17.8 Å². The second-order valence-electron chi connectivity index (χ2n) is 5.05. The molecule has 1 aliphatic rings. The fourth-order valence-corrected chi connectivity index (χ4v) is 4.51. The Hall–Kier alpha value is -0.500. The second-order valence-corrected chi connectivity index (χ2v) is 7.82. The third-order valence-electron chi connectivity index (χ3n) is 3.46. The number of nitrogens with zero attached hydrogens (tertiary/aromatic N) is 1. The Morgan fingerprint density at radius 2 is 2.16 bits per heavy atom. The minimum Gasteiger partial charge on any atom is -0.386 e. The fraction of sp³-hybridized carbons (Fsp3) is 0.750. The van der Waals surface area contributed by atoms with Crippen molar-refractivity contribution >= 4 is 21.4 Å². The molecule has 1 fully saturated rings. The van der Waals surface area contributed by atoms with Gasteiger partial charge in [-0.1, -0.05) is 19.3 Å². The fourth-order valence-electron chi connectivity index (χ4n) is 2.42. The molecule has 1 aliphatic carbocycles. The maximum absolute atomic E-state index is 11.9. The molecule has 5 nitrogen and oxygen atoms in total. The Bertz CT molecular complexity index is 467. The molecule has 1 unspecified atom stereocenters. The van der Waals surface area contributed by atoms with Crippen molar-refractivity contribution in [1.82, 2.24) is 9.71 Å². The van der Waals surface area contributed by atoms with Crippen LogP contribution in [-0.2, 0) is 10.0 Å². The molecule has 2 rings (SSSR count). The van der Waals surface area contributed by atoms with Gasteiger partial charge < -0.3 is 5.11 Å². The summed E-state index contributed by atoms with van der Waals surface area (Å²) in [5.41, 5.74) is 1.62. The summed E-state index contributed by atoms with van der Waals surface area (Å²) in [6.45, 7) is 0.0250. The summed E-state index contributed by atoms with van der Waals surface area (Å²) in [5.74, 6) is 0.453. The molecule has 1 atom stereocenters. The van der Waals surface area contributed by atoms with Gasteiger partial charge in [-0.15, -0.1) is 11.3 Å². The highest BCUT2D eigenvalue weighted by Gasteiger charge is 2.22. The van der Waals surface area contributed by atoms with Gasteiger partial charge in [0.25, 0.3) is 0 Å². The summed E-state index contributed by atoms with van der Waals surface area (Å²) in [5, 5.41) is 9.82. The van der Waals surface area contributed by atoms with Gasteiger partial charge in [0.05, 0.1) is 16.1 Å². The molecule has 0 bridgehead atoms. The van der Waals surface area contributed by atoms with E-state index in [0.717, 1.165) is 25.7 Å². The van der Waals surface area contributed by atoms with Gasteiger partial charge in [0.2, 0.25) is 10.0 Å². The number of nitrogens with one attached hydrogen (secondary N) is 1. The Morgan fingerprint density at radius 1 is 1.42 bits per heavy atom. The predicted octanol–water partition coefficient (Wildman–Crippen LogP) is 1.68. The van der Waals surface area contributed by atoms with Gasteiger partial charge in [-0.25, -0.2) is 13.1 Å². The van der Waals surface area contributed by atoms with E-state index in [1.54, 1.807) is 11.7 Å². The van der Waals surface area contributed by atoms with Crippen LogP contribution in [0.5, 0.6) is 0 Å². The van der Waals surface area contributed by atoms with Crippen LogP contribution in [0.15, 0.2) is 11.7 Å². The molecule has 0 saturated heterocycles. The topological polar surface area (TPSA) is 79.3 Å². The largest absolute Gasteiger partial charge is 0.386 e. The van der Waals surface area contributed by atoms with Crippen molar-refractivity contribution in [1.29, 1.82) is 0 Å². The smallest absolute Gasteiger partial charge is 0.211 e. The van der Waals surface area contributed by atoms with E-state index in [1.807, 2.05) is 0 Å². The number of hydrogen-bond acceptors (Lipinski definition) is 5. The first-order valence-electron chi connectivity index (χ1n) is 6.60. The van der Waals surface area contributed by atoms with Gasteiger partial charge in [0, 0.05) is 12.7 Å². The summed E-state index contributed by atoms with van der Waals surface area (Å²) in [4.78, 5) is 4.54. The van der Waals surface area contributed by atoms with Crippen LogP contribution in [0.1, 0.15) is 43.1 Å². The lowest BCUT2D eigenvalue weighted by Gasteiger charge is -2.21. The van der Waals surface area contributed by atoms with Crippen molar-refractivity contribution in [3.63, 3.8) is 0 Å². The highest BCUT2D eigenvalue weighted by molar-refractivity contribution is 7.89. The van der Waals surface area contributed by atoms with Crippen molar-refractivity contribution in [3.8, 4) is 0 Å². The predicted molar refractivity (Wildman–Crippen MR) is 75.4 cm³/mol. The number of aliphatic hydroxyl groups excluding tert-OH is 1. The SMILES string of the molecule is O=S(=O)(CC1CCCCC1)NCC(O)c1cncs1. The normalized spacial score (nSPS) is 19.4. The zero-order chi connectivity index (χ0) is 13.7. The number of sulfonamides is 1. The molecule has 1 saturated carbocycles. The lowest BCUT2D eigenvalue weighted by molar-refractivity contribution is 0.185. The van der Waals surface area contributed by atoms with Gasteiger partial charge in [-0.2, -0.15) is 0 Å². The van der Waals surface area contributed by atoms with Crippen LogP contribution in [0.25, 0.3) is 0 Å². The van der Waals surface area contributed by atoms with Crippen LogP contribution in [0.2, 0.25) is 0 Å². The van der Waals surface area contributed by atoms with Gasteiger partial charge in [-0.3, -0.25) is 4.98 Å². The Labute approximate surface area is 118 Å². The van der Waals surface area contributed by atoms with Crippen LogP contribution in [0.4, 0.5) is 0 Å². The van der Waals surface area contributed by atoms with Gasteiger partial charge in [0.1, 0.15) is 6.10 Å². The van der Waals surface area contributed by atoms with E-state index in [4.69, 9.17) is 0 Å². The number of hydrogen-bond donors (Lipinski definition) is 2. The molecule has 0 spiro atoms. The van der Waals surface area contributed by atoms with E-state index >= 15 is 0 Å². The Kier molecular flexibility index (Phi) is 5.32. The van der Waals surface area contributed by atoms with Gasteiger partial charge in [0.15, 0.2) is 0 Å². The van der Waals surface area contributed by atoms with Crippen molar-refractivity contribution in [3.05, 3.63) is 16.6 Å². The van der Waals surface area contributed by atoms with Crippen molar-refractivity contribution < 1.29 is 13.5 Å². The molecule has 1 heterocycles. The number of thiazole rings is 1. The van der Waals surface area contributed by atoms with E-state index in [9.17, 15) is 13.5 Å². The summed E-state index contributed by atoms with van der Waals surface area (Å²) >= 11 is 1.32. The molecule has 108 valence electrons. The number of rotatable bonds is 6.